The largest absolute Gasteiger partial charge is 0.356 e. The Bertz CT molecular complexity index is 863. The fourth-order valence-electron chi connectivity index (χ4n) is 4.23. The number of piperazine rings is 1. The predicted molar refractivity (Wildman–Crippen MR) is 116 cm³/mol. The summed E-state index contributed by atoms with van der Waals surface area (Å²) in [5, 5.41) is 3.32. The van der Waals surface area contributed by atoms with Crippen LogP contribution in [0.15, 0.2) is 0 Å². The summed E-state index contributed by atoms with van der Waals surface area (Å²) in [4.78, 5) is 55.4. The van der Waals surface area contributed by atoms with Crippen LogP contribution in [0.4, 0.5) is 0 Å². The second-order valence-corrected chi connectivity index (χ2v) is 8.93. The highest BCUT2D eigenvalue weighted by Gasteiger charge is 2.46. The molecule has 0 aromatic heterocycles. The molecule has 2 aliphatic rings. The van der Waals surface area contributed by atoms with Gasteiger partial charge in [0.2, 0.25) is 5.91 Å². The number of nitrogens with zero attached hydrogens (tertiary/aromatic N) is 3. The van der Waals surface area contributed by atoms with Crippen LogP contribution in [0.2, 0.25) is 0 Å². The van der Waals surface area contributed by atoms with Gasteiger partial charge < -0.3 is 10.2 Å². The Morgan fingerprint density at radius 1 is 1.13 bits per heavy atom. The number of carbonyl (C=O) groups excluding carboxylic acids is 4. The molecule has 3 atom stereocenters. The van der Waals surface area contributed by atoms with Crippen LogP contribution in [0, 0.1) is 5.41 Å². The molecule has 2 rings (SSSR count). The summed E-state index contributed by atoms with van der Waals surface area (Å²) in [5.41, 5.74) is -1.23. The van der Waals surface area contributed by atoms with Gasteiger partial charge in [-0.15, -0.1) is 5.06 Å². The maximum absolute atomic E-state index is 13.2. The number of likely N-dealkylation sites (N-methyl/N-ethyl adjacent to an activating group) is 2. The minimum Gasteiger partial charge on any atom is -0.356 e. The van der Waals surface area contributed by atoms with E-state index in [1.807, 2.05) is 0 Å². The number of imide groups is 1. The molecule has 0 aliphatic carbocycles. The third-order valence-corrected chi connectivity index (χ3v) is 6.03. The van der Waals surface area contributed by atoms with Crippen molar-refractivity contribution in [1.82, 2.24) is 20.2 Å². The molecule has 176 valence electrons. The molecular weight excluding hydrogens is 400 g/mol. The Morgan fingerprint density at radius 2 is 1.81 bits per heavy atom. The van der Waals surface area contributed by atoms with E-state index in [4.69, 9.17) is 13.1 Å². The number of rotatable bonds is 9. The van der Waals surface area contributed by atoms with Crippen LogP contribution in [-0.4, -0.2) is 83.7 Å². The lowest BCUT2D eigenvalue weighted by molar-refractivity contribution is -0.197. The molecule has 0 spiro atoms. The zero-order valence-corrected chi connectivity index (χ0v) is 18.8. The molecule has 2 fully saturated rings. The quantitative estimate of drug-likeness (QED) is 0.423. The van der Waals surface area contributed by atoms with Gasteiger partial charge in [0, 0.05) is 58.7 Å². The van der Waals surface area contributed by atoms with Crippen LogP contribution >= 0.6 is 0 Å². The standard InChI is InChI=1S/C22H38N4O5/c1-15-14-24(5)20(16(2)25(15)6)22(3,4)21(30)23-13-9-7-8-10-19(29)31-26-17(27)11-12-18(26)28/h15-16,20H,7-14H2,1-6H3,(H,23,30)/i5D3,6D3. The van der Waals surface area contributed by atoms with Crippen molar-refractivity contribution in [3.05, 3.63) is 0 Å². The van der Waals surface area contributed by atoms with Gasteiger partial charge in [-0.2, -0.15) is 0 Å². The Labute approximate surface area is 193 Å². The maximum Gasteiger partial charge on any atom is 0.333 e. The lowest BCUT2D eigenvalue weighted by Gasteiger charge is -2.52. The smallest absolute Gasteiger partial charge is 0.333 e. The molecule has 3 amide bonds. The van der Waals surface area contributed by atoms with Crippen molar-refractivity contribution < 1.29 is 32.2 Å². The van der Waals surface area contributed by atoms with Gasteiger partial charge in [0.15, 0.2) is 0 Å². The van der Waals surface area contributed by atoms with E-state index in [-0.39, 0.29) is 32.4 Å². The minimum atomic E-state index is -2.51. The number of hydrogen-bond acceptors (Lipinski definition) is 7. The lowest BCUT2D eigenvalue weighted by Crippen LogP contribution is -2.66. The van der Waals surface area contributed by atoms with Crippen LogP contribution in [-0.2, 0) is 24.0 Å². The molecule has 2 aliphatic heterocycles. The summed E-state index contributed by atoms with van der Waals surface area (Å²) in [6, 6.07) is -2.17. The molecule has 1 N–H and O–H groups in total. The Balaban J connectivity index is 1.91. The predicted octanol–water partition coefficient (Wildman–Crippen LogP) is 1.32. The number of hydrogen-bond donors (Lipinski definition) is 1. The van der Waals surface area contributed by atoms with Gasteiger partial charge >= 0.3 is 5.97 Å². The second kappa shape index (κ2) is 10.5. The third kappa shape index (κ3) is 6.04. The fourth-order valence-corrected chi connectivity index (χ4v) is 4.23. The summed E-state index contributed by atoms with van der Waals surface area (Å²) < 4.78 is 47.8. The van der Waals surface area contributed by atoms with Crippen molar-refractivity contribution in [1.29, 1.82) is 0 Å². The number of carbonyl (C=O) groups is 4. The van der Waals surface area contributed by atoms with E-state index in [1.165, 1.54) is 9.80 Å². The molecule has 0 radical (unpaired) electrons. The average Bonchev–Trinajstić information content (AvgIpc) is 3.05. The van der Waals surface area contributed by atoms with E-state index >= 15 is 0 Å². The molecule has 2 saturated heterocycles. The normalized spacial score (nSPS) is 29.4. The van der Waals surface area contributed by atoms with Crippen LogP contribution in [0.1, 0.15) is 74.4 Å². The third-order valence-electron chi connectivity index (χ3n) is 6.03. The van der Waals surface area contributed by atoms with Gasteiger partial charge in [0.25, 0.3) is 11.8 Å². The number of hydroxylamine groups is 2. The maximum atomic E-state index is 13.2. The van der Waals surface area contributed by atoms with E-state index < -0.39 is 61.2 Å². The van der Waals surface area contributed by atoms with E-state index in [1.54, 1.807) is 27.7 Å². The van der Waals surface area contributed by atoms with Crippen LogP contribution in [0.25, 0.3) is 0 Å². The zero-order chi connectivity index (χ0) is 28.3. The zero-order valence-electron chi connectivity index (χ0n) is 24.8. The topological polar surface area (TPSA) is 99.3 Å². The number of unbranched alkanes of at least 4 members (excludes halogenated alkanes) is 2. The molecule has 2 heterocycles. The highest BCUT2D eigenvalue weighted by Crippen LogP contribution is 2.33. The van der Waals surface area contributed by atoms with Crippen LogP contribution in [0.5, 0.6) is 0 Å². The SMILES string of the molecule is [2H]C([2H])([2H])N1CC(C)N(C([2H])([2H])[2H])C(C)C1C(C)(C)C(=O)NCCCCCC(=O)ON1C(=O)CCC1=O. The average molecular weight is 445 g/mol. The van der Waals surface area contributed by atoms with Gasteiger partial charge in [-0.25, -0.2) is 4.79 Å². The fraction of sp³-hybridized carbons (Fsp3) is 0.818. The van der Waals surface area contributed by atoms with Crippen molar-refractivity contribution in [2.24, 2.45) is 5.41 Å². The first kappa shape index (κ1) is 17.5. The summed E-state index contributed by atoms with van der Waals surface area (Å²) in [7, 11) is 0. The van der Waals surface area contributed by atoms with Gasteiger partial charge in [0.05, 0.1) is 5.41 Å². The van der Waals surface area contributed by atoms with Crippen molar-refractivity contribution in [2.75, 3.05) is 27.0 Å². The van der Waals surface area contributed by atoms with Crippen molar-refractivity contribution in [3.8, 4) is 0 Å². The molecule has 0 aromatic rings. The van der Waals surface area contributed by atoms with Gasteiger partial charge in [-0.3, -0.25) is 24.2 Å². The van der Waals surface area contributed by atoms with E-state index in [9.17, 15) is 19.2 Å². The Morgan fingerprint density at radius 3 is 2.42 bits per heavy atom. The van der Waals surface area contributed by atoms with E-state index in [2.05, 4.69) is 5.32 Å². The summed E-state index contributed by atoms with van der Waals surface area (Å²) in [5.74, 6) is -2.16. The van der Waals surface area contributed by atoms with Crippen LogP contribution in [0.3, 0.4) is 0 Å². The number of nitrogens with one attached hydrogen (secondary N) is 1. The molecular formula is C22H38N4O5. The molecule has 31 heavy (non-hydrogen) atoms. The summed E-state index contributed by atoms with van der Waals surface area (Å²) >= 11 is 0. The summed E-state index contributed by atoms with van der Waals surface area (Å²) in [6.07, 6.45) is 1.57. The Hall–Kier alpha value is -2.00. The first-order chi connectivity index (χ1) is 16.9. The lowest BCUT2D eigenvalue weighted by atomic mass is 9.77. The van der Waals surface area contributed by atoms with E-state index in [0.717, 1.165) is 0 Å². The van der Waals surface area contributed by atoms with Gasteiger partial charge in [-0.05, 0) is 54.5 Å². The molecule has 0 aromatic carbocycles. The van der Waals surface area contributed by atoms with Crippen molar-refractivity contribution in [3.63, 3.8) is 0 Å². The molecule has 9 nitrogen and oxygen atoms in total. The number of amides is 3. The minimum absolute atomic E-state index is 0.00672. The van der Waals surface area contributed by atoms with E-state index in [0.29, 0.717) is 24.3 Å². The molecule has 0 bridgehead atoms. The molecule has 9 heteroatoms. The Kier molecular flexibility index (Phi) is 5.97. The molecule has 0 saturated carbocycles. The highest BCUT2D eigenvalue weighted by atomic mass is 16.7. The van der Waals surface area contributed by atoms with Gasteiger partial charge in [0.1, 0.15) is 0 Å². The van der Waals surface area contributed by atoms with Gasteiger partial charge in [-0.1, -0.05) is 6.42 Å². The second-order valence-electron chi connectivity index (χ2n) is 8.93. The van der Waals surface area contributed by atoms with Crippen molar-refractivity contribution >= 4 is 23.7 Å². The monoisotopic (exact) mass is 444 g/mol. The van der Waals surface area contributed by atoms with Crippen LogP contribution < -0.4 is 5.32 Å². The summed E-state index contributed by atoms with van der Waals surface area (Å²) in [6.45, 7) is 1.84. The molecule has 3 unspecified atom stereocenters. The van der Waals surface area contributed by atoms with Crippen molar-refractivity contribution in [2.45, 2.75) is 84.3 Å². The highest BCUT2D eigenvalue weighted by molar-refractivity contribution is 6.01. The first-order valence-corrected chi connectivity index (χ1v) is 10.8. The first-order valence-electron chi connectivity index (χ1n) is 13.8.